The summed E-state index contributed by atoms with van der Waals surface area (Å²) in [5.41, 5.74) is 5.62. The van der Waals surface area contributed by atoms with Gasteiger partial charge < -0.3 is 14.6 Å². The average Bonchev–Trinajstić information content (AvgIpc) is 3.13. The van der Waals surface area contributed by atoms with Crippen molar-refractivity contribution in [3.63, 3.8) is 0 Å². The normalized spacial score (nSPS) is 14.6. The summed E-state index contributed by atoms with van der Waals surface area (Å²) in [6.45, 7) is 9.01. The van der Waals surface area contributed by atoms with Gasteiger partial charge in [0.25, 0.3) is 0 Å². The number of carbonyl (C=O) groups is 1. The molecule has 0 radical (unpaired) electrons. The molecule has 6 nitrogen and oxygen atoms in total. The topological polar surface area (TPSA) is 67.6 Å². The van der Waals surface area contributed by atoms with Crippen LogP contribution < -0.4 is 10.1 Å². The van der Waals surface area contributed by atoms with E-state index in [0.29, 0.717) is 25.6 Å². The van der Waals surface area contributed by atoms with Crippen LogP contribution in [-0.4, -0.2) is 35.1 Å². The number of carbonyl (C=O) groups excluding carboxylic acids is 1. The number of nitrogens with zero attached hydrogens (tertiary/aromatic N) is 2. The highest BCUT2D eigenvalue weighted by Crippen LogP contribution is 2.20. The number of benzene rings is 2. The second-order valence-corrected chi connectivity index (χ2v) is 8.55. The summed E-state index contributed by atoms with van der Waals surface area (Å²) < 4.78 is 11.0. The summed E-state index contributed by atoms with van der Waals surface area (Å²) in [5, 5.41) is 7.04. The van der Waals surface area contributed by atoms with Crippen molar-refractivity contribution in [3.8, 4) is 5.75 Å². The Bertz CT molecular complexity index is 1040. The molecule has 0 saturated heterocycles. The Kier molecular flexibility index (Phi) is 6.90. The number of amides is 1. The van der Waals surface area contributed by atoms with Gasteiger partial charge in [-0.15, -0.1) is 0 Å². The molecule has 1 aromatic heterocycles. The zero-order chi connectivity index (χ0) is 22.5. The van der Waals surface area contributed by atoms with Crippen LogP contribution in [0, 0.1) is 13.8 Å². The van der Waals surface area contributed by atoms with Crippen molar-refractivity contribution < 1.29 is 14.1 Å². The second kappa shape index (κ2) is 10.0. The Morgan fingerprint density at radius 3 is 2.62 bits per heavy atom. The van der Waals surface area contributed by atoms with Crippen LogP contribution in [0.25, 0.3) is 0 Å². The smallest absolute Gasteiger partial charge is 0.224 e. The lowest BCUT2D eigenvalue weighted by atomic mass is 9.99. The first-order chi connectivity index (χ1) is 15.5. The molecule has 0 aliphatic carbocycles. The van der Waals surface area contributed by atoms with Gasteiger partial charge in [0, 0.05) is 25.7 Å². The summed E-state index contributed by atoms with van der Waals surface area (Å²) in [4.78, 5) is 14.9. The van der Waals surface area contributed by atoms with Gasteiger partial charge >= 0.3 is 0 Å². The standard InChI is InChI=1S/C26H31N3O3/c1-18(29-13-12-22-6-4-5-7-23(22)16-29)15-27-26(30)14-21-8-10-24(11-9-21)31-17-25-19(2)28-32-20(25)3/h4-11,18H,12-17H2,1-3H3,(H,27,30)/t18-/m0/s1. The van der Waals surface area contributed by atoms with Gasteiger partial charge in [0.1, 0.15) is 18.1 Å². The Balaban J connectivity index is 1.22. The van der Waals surface area contributed by atoms with Crippen LogP contribution >= 0.6 is 0 Å². The van der Waals surface area contributed by atoms with Crippen molar-refractivity contribution in [2.45, 2.75) is 52.8 Å². The van der Waals surface area contributed by atoms with Crippen molar-refractivity contribution in [3.05, 3.63) is 82.2 Å². The van der Waals surface area contributed by atoms with Gasteiger partial charge in [0.15, 0.2) is 0 Å². The highest BCUT2D eigenvalue weighted by atomic mass is 16.5. The number of ether oxygens (including phenoxy) is 1. The van der Waals surface area contributed by atoms with Crippen molar-refractivity contribution >= 4 is 5.91 Å². The van der Waals surface area contributed by atoms with Gasteiger partial charge in [-0.3, -0.25) is 9.69 Å². The van der Waals surface area contributed by atoms with Crippen molar-refractivity contribution in [2.75, 3.05) is 13.1 Å². The molecule has 168 valence electrons. The third-order valence-corrected chi connectivity index (χ3v) is 6.23. The summed E-state index contributed by atoms with van der Waals surface area (Å²) in [6.07, 6.45) is 1.43. The summed E-state index contributed by atoms with van der Waals surface area (Å²) >= 11 is 0. The maximum absolute atomic E-state index is 12.5. The quantitative estimate of drug-likeness (QED) is 0.582. The van der Waals surface area contributed by atoms with Crippen LogP contribution in [0.5, 0.6) is 5.75 Å². The molecule has 6 heteroatoms. The molecule has 1 N–H and O–H groups in total. The van der Waals surface area contributed by atoms with Crippen LogP contribution in [0.2, 0.25) is 0 Å². The predicted octanol–water partition coefficient (Wildman–Crippen LogP) is 3.98. The van der Waals surface area contributed by atoms with Gasteiger partial charge in [0.2, 0.25) is 5.91 Å². The molecule has 1 aliphatic rings. The van der Waals surface area contributed by atoms with Crippen LogP contribution in [0.1, 0.15) is 40.6 Å². The fraction of sp³-hybridized carbons (Fsp3) is 0.385. The van der Waals surface area contributed by atoms with E-state index in [1.54, 1.807) is 0 Å². The summed E-state index contributed by atoms with van der Waals surface area (Å²) in [5.74, 6) is 1.57. The highest BCUT2D eigenvalue weighted by Gasteiger charge is 2.20. The molecule has 0 bridgehead atoms. The minimum absolute atomic E-state index is 0.0404. The first-order valence-electron chi connectivity index (χ1n) is 11.2. The Hall–Kier alpha value is -3.12. The monoisotopic (exact) mass is 433 g/mol. The van der Waals surface area contributed by atoms with Crippen LogP contribution in [0.15, 0.2) is 53.1 Å². The van der Waals surface area contributed by atoms with Gasteiger partial charge in [-0.05, 0) is 56.0 Å². The number of aromatic nitrogens is 1. The molecule has 0 fully saturated rings. The molecule has 0 spiro atoms. The maximum atomic E-state index is 12.5. The largest absolute Gasteiger partial charge is 0.489 e. The third-order valence-electron chi connectivity index (χ3n) is 6.23. The van der Waals surface area contributed by atoms with Crippen molar-refractivity contribution in [1.82, 2.24) is 15.4 Å². The molecule has 3 aromatic rings. The fourth-order valence-electron chi connectivity index (χ4n) is 4.10. The van der Waals surface area contributed by atoms with E-state index in [0.717, 1.165) is 47.8 Å². The van der Waals surface area contributed by atoms with Crippen LogP contribution in [0.4, 0.5) is 0 Å². The number of aryl methyl sites for hydroxylation is 2. The molecule has 1 amide bonds. The SMILES string of the molecule is Cc1noc(C)c1COc1ccc(CC(=O)NC[C@H](C)N2CCc3ccccc3C2)cc1. The number of nitrogens with one attached hydrogen (secondary N) is 1. The number of hydrogen-bond acceptors (Lipinski definition) is 5. The first kappa shape index (κ1) is 22.1. The van der Waals surface area contributed by atoms with E-state index in [-0.39, 0.29) is 5.91 Å². The summed E-state index contributed by atoms with van der Waals surface area (Å²) in [6, 6.07) is 16.6. The molecule has 2 aromatic carbocycles. The van der Waals surface area contributed by atoms with Gasteiger partial charge in [-0.25, -0.2) is 0 Å². The van der Waals surface area contributed by atoms with Gasteiger partial charge in [-0.2, -0.15) is 0 Å². The average molecular weight is 434 g/mol. The molecule has 1 atom stereocenters. The zero-order valence-electron chi connectivity index (χ0n) is 19.1. The Morgan fingerprint density at radius 2 is 1.91 bits per heavy atom. The van der Waals surface area contributed by atoms with E-state index in [1.807, 2.05) is 38.1 Å². The number of rotatable bonds is 8. The minimum Gasteiger partial charge on any atom is -0.489 e. The molecular weight excluding hydrogens is 402 g/mol. The Labute approximate surface area is 189 Å². The molecule has 2 heterocycles. The van der Waals surface area contributed by atoms with Crippen LogP contribution in [0.3, 0.4) is 0 Å². The lowest BCUT2D eigenvalue weighted by Crippen LogP contribution is -2.44. The molecule has 4 rings (SSSR count). The number of hydrogen-bond donors (Lipinski definition) is 1. The number of fused-ring (bicyclic) bond motifs is 1. The van der Waals surface area contributed by atoms with Crippen molar-refractivity contribution in [2.24, 2.45) is 0 Å². The summed E-state index contributed by atoms with van der Waals surface area (Å²) in [7, 11) is 0. The van der Waals surface area contributed by atoms with E-state index in [4.69, 9.17) is 9.26 Å². The molecular formula is C26H31N3O3. The van der Waals surface area contributed by atoms with E-state index < -0.39 is 0 Å². The second-order valence-electron chi connectivity index (χ2n) is 8.55. The lowest BCUT2D eigenvalue weighted by Gasteiger charge is -2.33. The highest BCUT2D eigenvalue weighted by molar-refractivity contribution is 5.78. The van der Waals surface area contributed by atoms with Crippen molar-refractivity contribution in [1.29, 1.82) is 0 Å². The maximum Gasteiger partial charge on any atom is 0.224 e. The Morgan fingerprint density at radius 1 is 1.16 bits per heavy atom. The first-order valence-corrected chi connectivity index (χ1v) is 11.2. The van der Waals surface area contributed by atoms with E-state index >= 15 is 0 Å². The lowest BCUT2D eigenvalue weighted by molar-refractivity contribution is -0.120. The molecule has 1 aliphatic heterocycles. The fourth-order valence-corrected chi connectivity index (χ4v) is 4.10. The predicted molar refractivity (Wildman–Crippen MR) is 123 cm³/mol. The van der Waals surface area contributed by atoms with Gasteiger partial charge in [-0.1, -0.05) is 41.6 Å². The van der Waals surface area contributed by atoms with Crippen LogP contribution in [-0.2, 0) is 30.8 Å². The molecule has 0 saturated carbocycles. The van der Waals surface area contributed by atoms with E-state index in [9.17, 15) is 4.79 Å². The van der Waals surface area contributed by atoms with E-state index in [2.05, 4.69) is 46.6 Å². The van der Waals surface area contributed by atoms with Gasteiger partial charge in [0.05, 0.1) is 17.7 Å². The van der Waals surface area contributed by atoms with E-state index in [1.165, 1.54) is 11.1 Å². The molecule has 0 unspecified atom stereocenters. The zero-order valence-corrected chi connectivity index (χ0v) is 19.1. The third kappa shape index (κ3) is 5.37. The minimum atomic E-state index is 0.0404. The molecule has 32 heavy (non-hydrogen) atoms.